The molecule has 1 fully saturated rings. The van der Waals surface area contributed by atoms with Crippen molar-refractivity contribution in [2.75, 3.05) is 11.4 Å². The Bertz CT molecular complexity index is 470. The number of hydrogen-bond acceptors (Lipinski definition) is 5. The standard InChI is InChI=1S/C9H12N4O4/c1-11-5-7(13(16)17)8(10-11)12-4-2-3-6(12)9(14)15/h5-6H,2-4H2,1H3,(H,14,15). The van der Waals surface area contributed by atoms with Gasteiger partial charge in [0.05, 0.1) is 4.92 Å². The number of carbonyl (C=O) groups is 1. The molecule has 0 aliphatic carbocycles. The van der Waals surface area contributed by atoms with Gasteiger partial charge < -0.3 is 10.0 Å². The fourth-order valence-electron chi connectivity index (χ4n) is 2.07. The molecule has 17 heavy (non-hydrogen) atoms. The van der Waals surface area contributed by atoms with Crippen molar-refractivity contribution in [2.45, 2.75) is 18.9 Å². The Kier molecular flexibility index (Phi) is 2.70. The molecule has 92 valence electrons. The minimum Gasteiger partial charge on any atom is -0.480 e. The number of carboxylic acids is 1. The minimum atomic E-state index is -0.970. The molecular weight excluding hydrogens is 228 g/mol. The summed E-state index contributed by atoms with van der Waals surface area (Å²) in [5.41, 5.74) is -0.152. The van der Waals surface area contributed by atoms with Crippen LogP contribution in [0.4, 0.5) is 11.5 Å². The van der Waals surface area contributed by atoms with E-state index in [1.807, 2.05) is 0 Å². The average Bonchev–Trinajstić information content (AvgIpc) is 2.82. The molecule has 0 radical (unpaired) electrons. The zero-order chi connectivity index (χ0) is 12.6. The maximum absolute atomic E-state index is 11.0. The first kappa shape index (κ1) is 11.4. The number of rotatable bonds is 3. The molecule has 1 aliphatic heterocycles. The Balaban J connectivity index is 2.39. The zero-order valence-corrected chi connectivity index (χ0v) is 9.24. The third kappa shape index (κ3) is 1.93. The van der Waals surface area contributed by atoms with E-state index in [1.54, 1.807) is 7.05 Å². The van der Waals surface area contributed by atoms with Gasteiger partial charge in [0.1, 0.15) is 12.2 Å². The molecule has 1 unspecified atom stereocenters. The molecule has 2 rings (SSSR count). The van der Waals surface area contributed by atoms with Gasteiger partial charge in [-0.05, 0) is 12.8 Å². The van der Waals surface area contributed by atoms with Crippen LogP contribution in [0.1, 0.15) is 12.8 Å². The highest BCUT2D eigenvalue weighted by Gasteiger charge is 2.36. The molecule has 1 aromatic heterocycles. The van der Waals surface area contributed by atoms with E-state index in [9.17, 15) is 14.9 Å². The van der Waals surface area contributed by atoms with Crippen LogP contribution in [0.25, 0.3) is 0 Å². The normalized spacial score (nSPS) is 19.6. The average molecular weight is 240 g/mol. The van der Waals surface area contributed by atoms with E-state index in [1.165, 1.54) is 15.8 Å². The lowest BCUT2D eigenvalue weighted by atomic mass is 10.2. The number of carboxylic acid groups (broad SMARTS) is 1. The second kappa shape index (κ2) is 4.04. The largest absolute Gasteiger partial charge is 0.480 e. The molecule has 0 bridgehead atoms. The van der Waals surface area contributed by atoms with Gasteiger partial charge in [0.25, 0.3) is 0 Å². The molecule has 2 heterocycles. The van der Waals surface area contributed by atoms with Gasteiger partial charge in [0.2, 0.25) is 5.82 Å². The van der Waals surface area contributed by atoms with Gasteiger partial charge in [-0.25, -0.2) is 4.79 Å². The summed E-state index contributed by atoms with van der Waals surface area (Å²) < 4.78 is 1.32. The highest BCUT2D eigenvalue weighted by atomic mass is 16.6. The lowest BCUT2D eigenvalue weighted by Gasteiger charge is -2.19. The maximum Gasteiger partial charge on any atom is 0.330 e. The monoisotopic (exact) mass is 240 g/mol. The van der Waals surface area contributed by atoms with E-state index in [0.29, 0.717) is 19.4 Å². The van der Waals surface area contributed by atoms with Crippen LogP contribution in [-0.4, -0.2) is 38.4 Å². The van der Waals surface area contributed by atoms with Crippen molar-refractivity contribution in [3.63, 3.8) is 0 Å². The summed E-state index contributed by atoms with van der Waals surface area (Å²) in [5.74, 6) is -0.829. The highest BCUT2D eigenvalue weighted by Crippen LogP contribution is 2.31. The Morgan fingerprint density at radius 2 is 2.41 bits per heavy atom. The van der Waals surface area contributed by atoms with Gasteiger partial charge in [-0.3, -0.25) is 14.8 Å². The topological polar surface area (TPSA) is 102 Å². The molecule has 0 aromatic carbocycles. The molecule has 1 N–H and O–H groups in total. The predicted octanol–water partition coefficient (Wildman–Crippen LogP) is 0.382. The molecular formula is C9H12N4O4. The van der Waals surface area contributed by atoms with Crippen molar-refractivity contribution in [1.82, 2.24) is 9.78 Å². The molecule has 1 aromatic rings. The Labute approximate surface area is 96.6 Å². The lowest BCUT2D eigenvalue weighted by Crippen LogP contribution is -2.36. The molecule has 0 amide bonds. The van der Waals surface area contributed by atoms with Crippen LogP contribution in [0.5, 0.6) is 0 Å². The van der Waals surface area contributed by atoms with Gasteiger partial charge in [-0.2, -0.15) is 0 Å². The van der Waals surface area contributed by atoms with Crippen molar-refractivity contribution in [1.29, 1.82) is 0 Å². The van der Waals surface area contributed by atoms with Crippen molar-refractivity contribution in [3.05, 3.63) is 16.3 Å². The number of anilines is 1. The fourth-order valence-corrected chi connectivity index (χ4v) is 2.07. The minimum absolute atomic E-state index is 0.141. The summed E-state index contributed by atoms with van der Waals surface area (Å²) in [7, 11) is 1.57. The van der Waals surface area contributed by atoms with Crippen LogP contribution in [-0.2, 0) is 11.8 Å². The first-order valence-corrected chi connectivity index (χ1v) is 5.18. The first-order valence-electron chi connectivity index (χ1n) is 5.18. The highest BCUT2D eigenvalue weighted by molar-refractivity contribution is 5.79. The van der Waals surface area contributed by atoms with Crippen LogP contribution in [0.2, 0.25) is 0 Å². The molecule has 1 atom stereocenters. The second-order valence-corrected chi connectivity index (χ2v) is 3.96. The summed E-state index contributed by atoms with van der Waals surface area (Å²) in [6, 6.07) is -0.719. The van der Waals surface area contributed by atoms with Crippen LogP contribution < -0.4 is 4.90 Å². The Hall–Kier alpha value is -2.12. The van der Waals surface area contributed by atoms with E-state index in [-0.39, 0.29) is 11.5 Å². The van der Waals surface area contributed by atoms with Gasteiger partial charge in [0, 0.05) is 13.6 Å². The van der Waals surface area contributed by atoms with Crippen LogP contribution in [0, 0.1) is 10.1 Å². The summed E-state index contributed by atoms with van der Waals surface area (Å²) in [5, 5.41) is 23.9. The van der Waals surface area contributed by atoms with Gasteiger partial charge >= 0.3 is 11.7 Å². The van der Waals surface area contributed by atoms with E-state index in [0.717, 1.165) is 0 Å². The summed E-state index contributed by atoms with van der Waals surface area (Å²) in [6.07, 6.45) is 2.47. The third-order valence-electron chi connectivity index (χ3n) is 2.80. The molecule has 1 aliphatic rings. The van der Waals surface area contributed by atoms with E-state index in [2.05, 4.69) is 5.10 Å². The van der Waals surface area contributed by atoms with Crippen LogP contribution >= 0.6 is 0 Å². The molecule has 8 nitrogen and oxygen atoms in total. The van der Waals surface area contributed by atoms with Gasteiger partial charge in [-0.15, -0.1) is 5.10 Å². The van der Waals surface area contributed by atoms with E-state index >= 15 is 0 Å². The van der Waals surface area contributed by atoms with Gasteiger partial charge in [0.15, 0.2) is 0 Å². The third-order valence-corrected chi connectivity index (χ3v) is 2.80. The number of nitro groups is 1. The summed E-state index contributed by atoms with van der Waals surface area (Å²) in [4.78, 5) is 22.8. The van der Waals surface area contributed by atoms with Crippen molar-refractivity contribution >= 4 is 17.5 Å². The Morgan fingerprint density at radius 1 is 1.71 bits per heavy atom. The van der Waals surface area contributed by atoms with Crippen molar-refractivity contribution in [2.24, 2.45) is 7.05 Å². The number of aryl methyl sites for hydroxylation is 1. The van der Waals surface area contributed by atoms with E-state index in [4.69, 9.17) is 5.11 Å². The summed E-state index contributed by atoms with van der Waals surface area (Å²) >= 11 is 0. The fraction of sp³-hybridized carbons (Fsp3) is 0.556. The smallest absolute Gasteiger partial charge is 0.330 e. The SMILES string of the molecule is Cn1cc([N+](=O)[O-])c(N2CCCC2C(=O)O)n1. The maximum atomic E-state index is 11.0. The Morgan fingerprint density at radius 3 is 3.00 bits per heavy atom. The summed E-state index contributed by atoms with van der Waals surface area (Å²) in [6.45, 7) is 0.481. The second-order valence-electron chi connectivity index (χ2n) is 3.96. The molecule has 8 heteroatoms. The van der Waals surface area contributed by atoms with Crippen LogP contribution in [0.3, 0.4) is 0 Å². The van der Waals surface area contributed by atoms with Crippen LogP contribution in [0.15, 0.2) is 6.20 Å². The predicted molar refractivity (Wildman–Crippen MR) is 57.9 cm³/mol. The number of aromatic nitrogens is 2. The number of hydrogen-bond donors (Lipinski definition) is 1. The number of nitrogens with zero attached hydrogens (tertiary/aromatic N) is 4. The van der Waals surface area contributed by atoms with E-state index < -0.39 is 16.9 Å². The number of aliphatic carboxylic acids is 1. The molecule has 1 saturated heterocycles. The van der Waals surface area contributed by atoms with Crippen molar-refractivity contribution in [3.8, 4) is 0 Å². The molecule has 0 saturated carbocycles. The van der Waals surface area contributed by atoms with Gasteiger partial charge in [-0.1, -0.05) is 0 Å². The zero-order valence-electron chi connectivity index (χ0n) is 9.24. The quantitative estimate of drug-likeness (QED) is 0.605. The van der Waals surface area contributed by atoms with Crippen molar-refractivity contribution < 1.29 is 14.8 Å². The molecule has 0 spiro atoms. The lowest BCUT2D eigenvalue weighted by molar-refractivity contribution is -0.384. The first-order chi connectivity index (χ1) is 8.00.